The Labute approximate surface area is 134 Å². The van der Waals surface area contributed by atoms with Gasteiger partial charge in [-0.15, -0.1) is 0 Å². The third kappa shape index (κ3) is 5.27. The number of hydrogen-bond acceptors (Lipinski definition) is 3. The van der Waals surface area contributed by atoms with E-state index in [-0.39, 0.29) is 18.9 Å². The number of carbonyl (C=O) groups excluding carboxylic acids is 1. The van der Waals surface area contributed by atoms with Gasteiger partial charge >= 0.3 is 6.03 Å². The largest absolute Gasteiger partial charge is 0.497 e. The molecular formula is C17H19FN2O3. The fourth-order valence-electron chi connectivity index (χ4n) is 1.98. The Kier molecular flexibility index (Phi) is 5.94. The molecule has 0 aromatic heterocycles. The van der Waals surface area contributed by atoms with Crippen LogP contribution in [-0.2, 0) is 6.54 Å². The smallest absolute Gasteiger partial charge is 0.315 e. The molecule has 0 aliphatic carbocycles. The summed E-state index contributed by atoms with van der Waals surface area (Å²) in [5, 5.41) is 15.2. The highest BCUT2D eigenvalue weighted by molar-refractivity contribution is 5.73. The molecule has 2 amide bonds. The third-order valence-corrected chi connectivity index (χ3v) is 3.32. The minimum Gasteiger partial charge on any atom is -0.497 e. The quantitative estimate of drug-likeness (QED) is 0.766. The van der Waals surface area contributed by atoms with E-state index < -0.39 is 12.1 Å². The Hall–Kier alpha value is -2.60. The Morgan fingerprint density at radius 1 is 1.13 bits per heavy atom. The molecule has 6 heteroatoms. The van der Waals surface area contributed by atoms with E-state index in [2.05, 4.69) is 10.6 Å². The lowest BCUT2D eigenvalue weighted by Gasteiger charge is -2.13. The summed E-state index contributed by atoms with van der Waals surface area (Å²) in [6, 6.07) is 12.4. The molecule has 0 aliphatic rings. The molecule has 0 spiro atoms. The molecule has 2 aromatic carbocycles. The summed E-state index contributed by atoms with van der Waals surface area (Å²) in [6.07, 6.45) is -0.808. The van der Waals surface area contributed by atoms with E-state index in [1.165, 1.54) is 12.1 Å². The van der Waals surface area contributed by atoms with Crippen LogP contribution in [0.5, 0.6) is 5.75 Å². The predicted octanol–water partition coefficient (Wildman–Crippen LogP) is 2.37. The van der Waals surface area contributed by atoms with Gasteiger partial charge in [0.05, 0.1) is 13.2 Å². The molecule has 1 unspecified atom stereocenters. The fourth-order valence-corrected chi connectivity index (χ4v) is 1.98. The summed E-state index contributed by atoms with van der Waals surface area (Å²) in [5.41, 5.74) is 1.47. The molecule has 2 rings (SSSR count). The van der Waals surface area contributed by atoms with Crippen molar-refractivity contribution in [1.82, 2.24) is 10.6 Å². The second kappa shape index (κ2) is 8.14. The van der Waals surface area contributed by atoms with Crippen LogP contribution in [0.15, 0.2) is 48.5 Å². The number of rotatable bonds is 6. The molecule has 0 bridgehead atoms. The first-order chi connectivity index (χ1) is 11.1. The number of aliphatic hydroxyl groups excluding tert-OH is 1. The van der Waals surface area contributed by atoms with Gasteiger partial charge < -0.3 is 20.5 Å². The van der Waals surface area contributed by atoms with Crippen molar-refractivity contribution in [3.63, 3.8) is 0 Å². The molecule has 1 atom stereocenters. The van der Waals surface area contributed by atoms with Crippen LogP contribution in [0.3, 0.4) is 0 Å². The van der Waals surface area contributed by atoms with Gasteiger partial charge in [-0.1, -0.05) is 24.3 Å². The van der Waals surface area contributed by atoms with E-state index >= 15 is 0 Å². The molecule has 3 N–H and O–H groups in total. The van der Waals surface area contributed by atoms with Crippen molar-refractivity contribution in [2.45, 2.75) is 12.6 Å². The maximum absolute atomic E-state index is 12.8. The highest BCUT2D eigenvalue weighted by Crippen LogP contribution is 2.16. The number of methoxy groups -OCH3 is 1. The number of halogens is 1. The normalized spacial score (nSPS) is 11.6. The van der Waals surface area contributed by atoms with Gasteiger partial charge in [-0.05, 0) is 35.4 Å². The lowest BCUT2D eigenvalue weighted by atomic mass is 10.1. The number of benzene rings is 2. The highest BCUT2D eigenvalue weighted by atomic mass is 19.1. The molecule has 122 valence electrons. The van der Waals surface area contributed by atoms with Gasteiger partial charge in [-0.2, -0.15) is 0 Å². The zero-order valence-electron chi connectivity index (χ0n) is 12.8. The summed E-state index contributed by atoms with van der Waals surface area (Å²) in [6.45, 7) is 0.367. The van der Waals surface area contributed by atoms with Crippen molar-refractivity contribution < 1.29 is 19.0 Å². The van der Waals surface area contributed by atoms with E-state index in [0.29, 0.717) is 11.3 Å². The molecule has 0 heterocycles. The van der Waals surface area contributed by atoms with Crippen LogP contribution in [-0.4, -0.2) is 24.8 Å². The molecule has 23 heavy (non-hydrogen) atoms. The van der Waals surface area contributed by atoms with Crippen molar-refractivity contribution in [3.05, 3.63) is 65.5 Å². The number of nitrogens with one attached hydrogen (secondary N) is 2. The average Bonchev–Trinajstić information content (AvgIpc) is 2.59. The van der Waals surface area contributed by atoms with E-state index in [4.69, 9.17) is 4.74 Å². The summed E-state index contributed by atoms with van der Waals surface area (Å²) in [7, 11) is 1.57. The minimum absolute atomic E-state index is 0.0849. The van der Waals surface area contributed by atoms with Crippen LogP contribution in [0.2, 0.25) is 0 Å². The van der Waals surface area contributed by atoms with Crippen LogP contribution >= 0.6 is 0 Å². The van der Waals surface area contributed by atoms with Gasteiger partial charge in [0, 0.05) is 13.1 Å². The number of amides is 2. The lowest BCUT2D eigenvalue weighted by molar-refractivity contribution is 0.173. The molecule has 0 radical (unpaired) electrons. The minimum atomic E-state index is -0.808. The molecule has 5 nitrogen and oxygen atoms in total. The second-order valence-electron chi connectivity index (χ2n) is 4.98. The van der Waals surface area contributed by atoms with Crippen LogP contribution < -0.4 is 15.4 Å². The molecule has 0 saturated carbocycles. The van der Waals surface area contributed by atoms with Crippen molar-refractivity contribution >= 4 is 6.03 Å². The van der Waals surface area contributed by atoms with Crippen molar-refractivity contribution in [1.29, 1.82) is 0 Å². The molecule has 0 fully saturated rings. The number of aliphatic hydroxyl groups is 1. The Bertz CT molecular complexity index is 629. The van der Waals surface area contributed by atoms with E-state index in [1.54, 1.807) is 43.5 Å². The molecular weight excluding hydrogens is 299 g/mol. The first kappa shape index (κ1) is 16.8. The van der Waals surface area contributed by atoms with Gasteiger partial charge in [0.2, 0.25) is 0 Å². The van der Waals surface area contributed by atoms with E-state index in [0.717, 1.165) is 5.56 Å². The van der Waals surface area contributed by atoms with Crippen molar-refractivity contribution in [2.24, 2.45) is 0 Å². The maximum atomic E-state index is 12.8. The van der Waals surface area contributed by atoms with Crippen molar-refractivity contribution in [3.8, 4) is 5.75 Å². The van der Waals surface area contributed by atoms with Crippen LogP contribution in [0.25, 0.3) is 0 Å². The van der Waals surface area contributed by atoms with E-state index in [9.17, 15) is 14.3 Å². The van der Waals surface area contributed by atoms with Gasteiger partial charge in [-0.3, -0.25) is 0 Å². The zero-order chi connectivity index (χ0) is 16.7. The highest BCUT2D eigenvalue weighted by Gasteiger charge is 2.09. The summed E-state index contributed by atoms with van der Waals surface area (Å²) < 4.78 is 17.8. The van der Waals surface area contributed by atoms with E-state index in [1.807, 2.05) is 0 Å². The first-order valence-corrected chi connectivity index (χ1v) is 7.16. The fraction of sp³-hybridized carbons (Fsp3) is 0.235. The third-order valence-electron chi connectivity index (χ3n) is 3.32. The van der Waals surface area contributed by atoms with Crippen molar-refractivity contribution in [2.75, 3.05) is 13.7 Å². The topological polar surface area (TPSA) is 70.6 Å². The monoisotopic (exact) mass is 318 g/mol. The Balaban J connectivity index is 1.75. The maximum Gasteiger partial charge on any atom is 0.315 e. The van der Waals surface area contributed by atoms with Crippen LogP contribution in [0.4, 0.5) is 9.18 Å². The Morgan fingerprint density at radius 3 is 2.39 bits per heavy atom. The molecule has 0 aliphatic heterocycles. The predicted molar refractivity (Wildman–Crippen MR) is 84.6 cm³/mol. The van der Waals surface area contributed by atoms with Gasteiger partial charge in [-0.25, -0.2) is 9.18 Å². The standard InChI is InChI=1S/C17H19FN2O3/c1-23-15-8-4-13(5-9-15)16(21)11-20-17(22)19-10-12-2-6-14(18)7-3-12/h2-9,16,21H,10-11H2,1H3,(H2,19,20,22). The summed E-state index contributed by atoms with van der Waals surface area (Å²) in [5.74, 6) is 0.381. The number of carbonyl (C=O) groups is 1. The number of hydrogen-bond donors (Lipinski definition) is 3. The molecule has 0 saturated heterocycles. The number of ether oxygens (including phenoxy) is 1. The van der Waals surface area contributed by atoms with Gasteiger partial charge in [0.1, 0.15) is 11.6 Å². The van der Waals surface area contributed by atoms with Crippen LogP contribution in [0.1, 0.15) is 17.2 Å². The Morgan fingerprint density at radius 2 is 1.78 bits per heavy atom. The summed E-state index contributed by atoms with van der Waals surface area (Å²) >= 11 is 0. The average molecular weight is 318 g/mol. The lowest BCUT2D eigenvalue weighted by Crippen LogP contribution is -2.37. The second-order valence-corrected chi connectivity index (χ2v) is 4.98. The molecule has 2 aromatic rings. The number of urea groups is 1. The zero-order valence-corrected chi connectivity index (χ0v) is 12.8. The SMILES string of the molecule is COc1ccc(C(O)CNC(=O)NCc2ccc(F)cc2)cc1. The van der Waals surface area contributed by atoms with Gasteiger partial charge in [0.15, 0.2) is 0 Å². The first-order valence-electron chi connectivity index (χ1n) is 7.16. The summed E-state index contributed by atoms with van der Waals surface area (Å²) in [4.78, 5) is 11.7. The van der Waals surface area contributed by atoms with Gasteiger partial charge in [0.25, 0.3) is 0 Å². The van der Waals surface area contributed by atoms with Crippen LogP contribution in [0, 0.1) is 5.82 Å².